The Morgan fingerprint density at radius 2 is 1.50 bits per heavy atom. The molecule has 450 valence electrons. The molecule has 31 nitrogen and oxygen atoms in total. The first-order valence-electron chi connectivity index (χ1n) is 25.5. The number of nitrogens with one attached hydrogen (secondary N) is 6. The topological polar surface area (TPSA) is 518 Å². The van der Waals surface area contributed by atoms with Crippen LogP contribution in [0.15, 0.2) is 91.9 Å². The number of carboxylic acids is 3. The van der Waals surface area contributed by atoms with E-state index in [0.717, 1.165) is 40.9 Å². The molecule has 34 heteroatoms. The Morgan fingerprint density at radius 3 is 2.17 bits per heavy atom. The first-order valence-corrected chi connectivity index (χ1v) is 29.4. The summed E-state index contributed by atoms with van der Waals surface area (Å²) in [6.07, 6.45) is 1.13. The molecule has 3 atom stereocenters. The van der Waals surface area contributed by atoms with Crippen molar-refractivity contribution < 1.29 is 84.0 Å². The van der Waals surface area contributed by atoms with Gasteiger partial charge >= 0.3 is 17.9 Å². The third-order valence-corrected chi connectivity index (χ3v) is 16.5. The maximum atomic E-state index is 13.3. The van der Waals surface area contributed by atoms with Crippen molar-refractivity contribution in [1.29, 1.82) is 5.41 Å². The summed E-state index contributed by atoms with van der Waals surface area (Å²) in [6.45, 7) is 0.129. The summed E-state index contributed by atoms with van der Waals surface area (Å²) in [5, 5.41) is 46.6. The van der Waals surface area contributed by atoms with Gasteiger partial charge in [0.25, 0.3) is 37.6 Å². The highest BCUT2D eigenvalue weighted by Gasteiger charge is 2.40. The van der Waals surface area contributed by atoms with E-state index in [1.54, 1.807) is 0 Å². The van der Waals surface area contributed by atoms with E-state index >= 15 is 0 Å². The van der Waals surface area contributed by atoms with Crippen molar-refractivity contribution >= 4 is 119 Å². The zero-order valence-corrected chi connectivity index (χ0v) is 46.8. The number of carbonyl (C=O) groups is 8. The Morgan fingerprint density at radius 1 is 0.814 bits per heavy atom. The number of hydrogen-bond acceptors (Lipinski definition) is 22. The molecule has 3 aromatic carbocycles. The lowest BCUT2D eigenvalue weighted by atomic mass is 9.89. The number of benzene rings is 4. The van der Waals surface area contributed by atoms with Crippen molar-refractivity contribution in [2.24, 2.45) is 0 Å². The molecule has 3 unspecified atom stereocenters. The van der Waals surface area contributed by atoms with Gasteiger partial charge in [0, 0.05) is 65.0 Å². The number of anilines is 3. The third-order valence-electron chi connectivity index (χ3n) is 13.3. The molecule has 1 aliphatic carbocycles. The number of carbonyl (C=O) groups excluding carboxylic acids is 5. The lowest BCUT2D eigenvalue weighted by Gasteiger charge is -2.20. The van der Waals surface area contributed by atoms with Gasteiger partial charge in [0.05, 0.1) is 40.3 Å². The summed E-state index contributed by atoms with van der Waals surface area (Å²) in [5.74, 6) is -9.32. The number of rotatable bonds is 25. The number of likely N-dealkylation sites (tertiary alicyclic amines) is 1. The molecule has 0 spiro atoms. The van der Waals surface area contributed by atoms with Crippen molar-refractivity contribution in [1.82, 2.24) is 40.8 Å². The molecule has 5 aromatic rings. The van der Waals surface area contributed by atoms with Gasteiger partial charge in [-0.3, -0.25) is 53.2 Å². The van der Waals surface area contributed by atoms with Crippen LogP contribution in [-0.4, -0.2) is 150 Å². The molecule has 15 N–H and O–H groups in total. The number of aromatic nitrogens is 4. The fourth-order valence-electron chi connectivity index (χ4n) is 9.19. The van der Waals surface area contributed by atoms with Crippen LogP contribution in [0.1, 0.15) is 75.3 Å². The number of aliphatic carboxylic acids is 2. The van der Waals surface area contributed by atoms with Gasteiger partial charge in [-0.25, -0.2) is 24.4 Å². The van der Waals surface area contributed by atoms with Gasteiger partial charge < -0.3 is 52.5 Å². The summed E-state index contributed by atoms with van der Waals surface area (Å²) in [4.78, 5) is 128. The van der Waals surface area contributed by atoms with E-state index in [9.17, 15) is 84.4 Å². The molecule has 86 heavy (non-hydrogen) atoms. The number of fused-ring (bicyclic) bond motifs is 3. The van der Waals surface area contributed by atoms with Gasteiger partial charge in [-0.1, -0.05) is 6.07 Å². The summed E-state index contributed by atoms with van der Waals surface area (Å²) >= 11 is 0.823. The van der Waals surface area contributed by atoms with Crippen LogP contribution in [0.3, 0.4) is 0 Å². The van der Waals surface area contributed by atoms with Crippen LogP contribution in [0, 0.1) is 5.41 Å². The predicted molar refractivity (Wildman–Crippen MR) is 303 cm³/mol. The van der Waals surface area contributed by atoms with Gasteiger partial charge in [-0.2, -0.15) is 21.8 Å². The largest absolute Gasteiger partial charge is 0.480 e. The number of aromatic amines is 1. The molecule has 5 amide bonds. The fraction of sp³-hybridized carbons (Fsp3) is 0.250. The van der Waals surface area contributed by atoms with E-state index in [1.165, 1.54) is 48.7 Å². The molecule has 0 saturated carbocycles. The predicted octanol–water partition coefficient (Wildman–Crippen LogP) is 1.67. The van der Waals surface area contributed by atoms with Crippen molar-refractivity contribution in [3.8, 4) is 22.5 Å². The summed E-state index contributed by atoms with van der Waals surface area (Å²) in [6, 6.07) is 10.5. The minimum Gasteiger partial charge on any atom is -0.480 e. The van der Waals surface area contributed by atoms with E-state index in [0.29, 0.717) is 24.2 Å². The Kier molecular flexibility index (Phi) is 18.4. The second-order valence-electron chi connectivity index (χ2n) is 19.2. The first-order chi connectivity index (χ1) is 40.6. The molecule has 4 heterocycles. The van der Waals surface area contributed by atoms with Crippen LogP contribution in [0.4, 0.5) is 17.3 Å². The molecule has 8 rings (SSSR count). The van der Waals surface area contributed by atoms with Crippen LogP contribution in [-0.2, 0) is 50.8 Å². The molecule has 1 fully saturated rings. The minimum absolute atomic E-state index is 0.0154. The molecule has 2 aromatic heterocycles. The van der Waals surface area contributed by atoms with Crippen molar-refractivity contribution in [3.05, 3.63) is 111 Å². The molecule has 3 aliphatic rings. The highest BCUT2D eigenvalue weighted by atomic mass is 32.2. The highest BCUT2D eigenvalue weighted by molar-refractivity contribution is 8.00. The van der Waals surface area contributed by atoms with Crippen LogP contribution in [0.2, 0.25) is 0 Å². The van der Waals surface area contributed by atoms with E-state index in [2.05, 4.69) is 41.2 Å². The molecular formula is C52H50N12O19S3. The lowest BCUT2D eigenvalue weighted by molar-refractivity contribution is -0.142. The average molecular weight is 1240 g/mol. The number of nitrogens with two attached hydrogens (primary N) is 2. The normalized spacial score (nSPS) is 14.3. The number of carboxylic acid groups (broad SMARTS) is 3. The number of thioether (sulfide) groups is 1. The number of hydrogen-bond donors (Lipinski definition) is 13. The molecular weight excluding hydrogens is 1190 g/mol. The number of unbranched alkanes of at least 4 members (excludes halogenated alkanes) is 2. The Bertz CT molecular complexity index is 4270. The molecule has 0 bridgehead atoms. The quantitative estimate of drug-likeness (QED) is 0.0127. The van der Waals surface area contributed by atoms with E-state index < -0.39 is 141 Å². The minimum atomic E-state index is -5.27. The van der Waals surface area contributed by atoms with Gasteiger partial charge in [0.2, 0.25) is 23.7 Å². The van der Waals surface area contributed by atoms with Crippen LogP contribution in [0.5, 0.6) is 0 Å². The van der Waals surface area contributed by atoms with Crippen molar-refractivity contribution in [2.75, 3.05) is 35.6 Å². The summed E-state index contributed by atoms with van der Waals surface area (Å²) in [5.41, 5.74) is 9.21. The van der Waals surface area contributed by atoms with E-state index in [-0.39, 0.29) is 88.5 Å². The average Bonchev–Trinajstić information content (AvgIpc) is 0.840. The highest BCUT2D eigenvalue weighted by Crippen LogP contribution is 2.46. The van der Waals surface area contributed by atoms with Crippen LogP contribution in [0.25, 0.3) is 44.6 Å². The van der Waals surface area contributed by atoms with Gasteiger partial charge in [-0.05, 0) is 91.9 Å². The van der Waals surface area contributed by atoms with Crippen LogP contribution < -0.4 is 43.7 Å². The molecule has 0 radical (unpaired) electrons. The zero-order valence-electron chi connectivity index (χ0n) is 44.4. The smallest absolute Gasteiger partial charge is 0.336 e. The SMILES string of the molecule is N=c1ccc2c(-c3ccc(C(=O)NCCCCCN4C(=O)CC(SCC(NC(=O)CCC(NC(=O)c5ccc(NCc6cnc7nc(N)[nH]c(=O)c7n6)cc5)C(=O)O)C(=O)O)C4=O)cc3C(=O)O)c3ccc(N)c(S(=O)(=O)O)c3oc-2c1S(=O)(=O)O. The Balaban J connectivity index is 0.795. The standard InChI is InChI=1S/C52H50N12O19S3/c53-31-12-10-28-38(29-11-13-32(54)43(86(80,81)82)41(29)83-40(28)42(31)85(77,78)79)27-9-6-24(18-30(27)49(71)72)45(67)56-16-2-1-3-17-64-37(66)19-35(48(64)70)84-22-34(51(75)76)60-36(65)15-14-33(50(73)74)61-46(68)23-4-7-25(8-5-23)57-20-26-21-58-44-39(59-26)47(69)63-52(55)62-44/h4-13,18,21,33-35,53,57H,1-3,14-17,19-20,22,54H2,(H,56,67)(H,60,65)(H,61,68)(H,71,72)(H,73,74)(H,75,76)(H,77,78,79)(H,80,81,82)(H3,55,58,62,63,69). The zero-order chi connectivity index (χ0) is 62.5. The Hall–Kier alpha value is -9.90. The van der Waals surface area contributed by atoms with Gasteiger partial charge in [-0.15, -0.1) is 11.8 Å². The van der Waals surface area contributed by atoms with Gasteiger partial charge in [0.1, 0.15) is 12.1 Å². The number of amides is 5. The van der Waals surface area contributed by atoms with Gasteiger partial charge in [0.15, 0.2) is 32.3 Å². The number of aromatic carboxylic acids is 1. The first kappa shape index (κ1) is 62.2. The van der Waals surface area contributed by atoms with Crippen LogP contribution >= 0.6 is 11.8 Å². The second kappa shape index (κ2) is 25.5. The van der Waals surface area contributed by atoms with Crippen molar-refractivity contribution in [3.63, 3.8) is 0 Å². The second-order valence-corrected chi connectivity index (χ2v) is 23.1. The maximum absolute atomic E-state index is 13.3. The van der Waals surface area contributed by atoms with E-state index in [1.807, 2.05) is 0 Å². The summed E-state index contributed by atoms with van der Waals surface area (Å²) < 4.78 is 76.0. The molecule has 2 aliphatic heterocycles. The summed E-state index contributed by atoms with van der Waals surface area (Å²) in [7, 11) is -10.5. The monoisotopic (exact) mass is 1240 g/mol. The third kappa shape index (κ3) is 14.0. The van der Waals surface area contributed by atoms with Crippen molar-refractivity contribution in [2.45, 2.75) is 72.2 Å². The fourth-order valence-corrected chi connectivity index (χ4v) is 11.9. The molecule has 1 saturated heterocycles. The lowest BCUT2D eigenvalue weighted by Crippen LogP contribution is -2.45. The number of H-pyrrole nitrogens is 1. The number of nitrogen functional groups attached to an aromatic ring is 2. The van der Waals surface area contributed by atoms with E-state index in [4.69, 9.17) is 21.3 Å². The number of nitrogens with zero attached hydrogens (tertiary/aromatic N) is 4. The number of imide groups is 1. The Labute approximate surface area is 488 Å². The maximum Gasteiger partial charge on any atom is 0.336 e.